The summed E-state index contributed by atoms with van der Waals surface area (Å²) in [6.07, 6.45) is 0.309. The van der Waals surface area contributed by atoms with Gasteiger partial charge in [0, 0.05) is 17.2 Å². The van der Waals surface area contributed by atoms with E-state index in [1.165, 1.54) is 12.1 Å². The van der Waals surface area contributed by atoms with Crippen molar-refractivity contribution in [2.24, 2.45) is 5.92 Å². The van der Waals surface area contributed by atoms with Gasteiger partial charge in [0.15, 0.2) is 16.8 Å². The van der Waals surface area contributed by atoms with E-state index in [4.69, 9.17) is 10.4 Å². The summed E-state index contributed by atoms with van der Waals surface area (Å²) in [6, 6.07) is 5.53. The largest absolute Gasteiger partial charge is 0.481 e. The van der Waals surface area contributed by atoms with Gasteiger partial charge < -0.3 is 10.1 Å². The van der Waals surface area contributed by atoms with Gasteiger partial charge in [-0.1, -0.05) is 23.9 Å². The second-order valence-electron chi connectivity index (χ2n) is 5.53. The number of H-pyrrole nitrogens is 1. The number of halogens is 2. The van der Waals surface area contributed by atoms with Crippen molar-refractivity contribution < 1.29 is 18.7 Å². The maximum atomic E-state index is 13.7. The normalized spacial score (nSPS) is 18.6. The third-order valence-electron chi connectivity index (χ3n) is 3.89. The Morgan fingerprint density at radius 3 is 2.88 bits per heavy atom. The molecule has 0 radical (unpaired) electrons. The van der Waals surface area contributed by atoms with Crippen LogP contribution in [0.4, 0.5) is 8.78 Å². The quantitative estimate of drug-likeness (QED) is 0.624. The van der Waals surface area contributed by atoms with Crippen LogP contribution in [-0.4, -0.2) is 21.0 Å². The number of nitriles is 1. The molecule has 0 aliphatic heterocycles. The molecule has 0 saturated heterocycles. The monoisotopic (exact) mass is 363 g/mol. The molecule has 2 N–H and O–H groups in total. The zero-order valence-electron chi connectivity index (χ0n) is 12.6. The van der Waals surface area contributed by atoms with Gasteiger partial charge in [0.05, 0.1) is 11.6 Å². The van der Waals surface area contributed by atoms with Crippen molar-refractivity contribution in [3.8, 4) is 6.07 Å². The molecule has 1 aliphatic rings. The zero-order chi connectivity index (χ0) is 18.1. The molecule has 0 bridgehead atoms. The number of nitrogens with one attached hydrogen (secondary N) is 1. The van der Waals surface area contributed by atoms with Crippen LogP contribution in [0.3, 0.4) is 0 Å². The van der Waals surface area contributed by atoms with E-state index < -0.39 is 35.0 Å². The number of aliphatic carboxylic acids is 1. The molecule has 3 rings (SSSR count). The van der Waals surface area contributed by atoms with E-state index in [1.54, 1.807) is 6.07 Å². The molecule has 128 valence electrons. The summed E-state index contributed by atoms with van der Waals surface area (Å²) in [5.41, 5.74) is -0.643. The molecule has 9 heteroatoms. The van der Waals surface area contributed by atoms with Crippen LogP contribution in [0.1, 0.15) is 29.2 Å². The molecule has 0 amide bonds. The molecule has 1 saturated carbocycles. The number of nitrogens with zero attached hydrogens (tertiary/aromatic N) is 2. The van der Waals surface area contributed by atoms with Crippen LogP contribution in [0, 0.1) is 28.9 Å². The summed E-state index contributed by atoms with van der Waals surface area (Å²) >= 11 is 0.969. The molecule has 25 heavy (non-hydrogen) atoms. The number of aromatic amines is 1. The first-order valence-corrected chi connectivity index (χ1v) is 8.23. The first-order chi connectivity index (χ1) is 11.9. The highest BCUT2D eigenvalue weighted by Gasteiger charge is 2.47. The summed E-state index contributed by atoms with van der Waals surface area (Å²) in [6.45, 7) is 0. The van der Waals surface area contributed by atoms with Gasteiger partial charge in [0.25, 0.3) is 5.56 Å². The SMILES string of the molecule is N#Cc1c([C@H]2C[C@@H]2C(=O)O)nc(SCc2cccc(F)c2F)[nH]c1=O. The Bertz CT molecular complexity index is 955. The van der Waals surface area contributed by atoms with Gasteiger partial charge in [-0.05, 0) is 12.5 Å². The number of hydrogen-bond acceptors (Lipinski definition) is 5. The maximum absolute atomic E-state index is 13.7. The fraction of sp³-hybridized carbons (Fsp3) is 0.250. The van der Waals surface area contributed by atoms with Crippen LogP contribution in [-0.2, 0) is 10.5 Å². The van der Waals surface area contributed by atoms with E-state index in [1.807, 2.05) is 0 Å². The third-order valence-corrected chi connectivity index (χ3v) is 4.81. The predicted octanol–water partition coefficient (Wildman–Crippen LogP) is 2.40. The predicted molar refractivity (Wildman–Crippen MR) is 84.0 cm³/mol. The fourth-order valence-electron chi connectivity index (χ4n) is 2.49. The maximum Gasteiger partial charge on any atom is 0.307 e. The highest BCUT2D eigenvalue weighted by molar-refractivity contribution is 7.98. The first kappa shape index (κ1) is 17.1. The third kappa shape index (κ3) is 3.39. The number of carbonyl (C=O) groups is 1. The summed E-state index contributed by atoms with van der Waals surface area (Å²) < 4.78 is 26.9. The van der Waals surface area contributed by atoms with Gasteiger partial charge >= 0.3 is 5.97 Å². The van der Waals surface area contributed by atoms with E-state index in [2.05, 4.69) is 9.97 Å². The van der Waals surface area contributed by atoms with Crippen molar-refractivity contribution in [2.45, 2.75) is 23.2 Å². The number of carboxylic acids is 1. The second-order valence-corrected chi connectivity index (χ2v) is 6.50. The topological polar surface area (TPSA) is 107 Å². The summed E-state index contributed by atoms with van der Waals surface area (Å²) in [4.78, 5) is 29.6. The number of hydrogen-bond donors (Lipinski definition) is 2. The Kier molecular flexibility index (Phi) is 4.55. The van der Waals surface area contributed by atoms with E-state index in [0.29, 0.717) is 6.42 Å². The van der Waals surface area contributed by atoms with Gasteiger partial charge in [-0.3, -0.25) is 9.59 Å². The van der Waals surface area contributed by atoms with E-state index >= 15 is 0 Å². The molecule has 1 aliphatic carbocycles. The van der Waals surface area contributed by atoms with Crippen molar-refractivity contribution >= 4 is 17.7 Å². The van der Waals surface area contributed by atoms with Crippen LogP contribution in [0.2, 0.25) is 0 Å². The molecule has 0 unspecified atom stereocenters. The fourth-order valence-corrected chi connectivity index (χ4v) is 3.33. The minimum absolute atomic E-state index is 0.0187. The molecule has 1 fully saturated rings. The Morgan fingerprint density at radius 1 is 1.48 bits per heavy atom. The minimum atomic E-state index is -1.01. The average molecular weight is 363 g/mol. The molecule has 2 atom stereocenters. The van der Waals surface area contributed by atoms with Gasteiger partial charge in [0.1, 0.15) is 11.6 Å². The van der Waals surface area contributed by atoms with Crippen molar-refractivity contribution in [1.82, 2.24) is 9.97 Å². The van der Waals surface area contributed by atoms with E-state index in [9.17, 15) is 18.4 Å². The lowest BCUT2D eigenvalue weighted by molar-refractivity contribution is -0.138. The van der Waals surface area contributed by atoms with Crippen molar-refractivity contribution in [3.05, 3.63) is 57.0 Å². The highest BCUT2D eigenvalue weighted by atomic mass is 32.2. The zero-order valence-corrected chi connectivity index (χ0v) is 13.4. The lowest BCUT2D eigenvalue weighted by atomic mass is 10.1. The minimum Gasteiger partial charge on any atom is -0.481 e. The first-order valence-electron chi connectivity index (χ1n) is 7.25. The molecule has 0 spiro atoms. The molecule has 6 nitrogen and oxygen atoms in total. The van der Waals surface area contributed by atoms with Crippen molar-refractivity contribution in [1.29, 1.82) is 5.26 Å². The Morgan fingerprint density at radius 2 is 2.24 bits per heavy atom. The van der Waals surface area contributed by atoms with E-state index in [0.717, 1.165) is 17.8 Å². The van der Waals surface area contributed by atoms with Gasteiger partial charge in [-0.2, -0.15) is 5.26 Å². The number of thioether (sulfide) groups is 1. The number of carboxylic acid groups (broad SMARTS) is 1. The number of rotatable bonds is 5. The molecule has 1 heterocycles. The lowest BCUT2D eigenvalue weighted by Crippen LogP contribution is -2.17. The van der Waals surface area contributed by atoms with Crippen LogP contribution in [0.5, 0.6) is 0 Å². The smallest absolute Gasteiger partial charge is 0.307 e. The van der Waals surface area contributed by atoms with Gasteiger partial charge in [-0.25, -0.2) is 13.8 Å². The Hall–Kier alpha value is -2.73. The molecule has 1 aromatic heterocycles. The summed E-state index contributed by atoms with van der Waals surface area (Å²) in [7, 11) is 0. The molecule has 2 aromatic rings. The summed E-state index contributed by atoms with van der Waals surface area (Å²) in [5, 5.41) is 18.3. The van der Waals surface area contributed by atoms with Crippen LogP contribution in [0.25, 0.3) is 0 Å². The molecule has 1 aromatic carbocycles. The average Bonchev–Trinajstić information content (AvgIpc) is 3.36. The van der Waals surface area contributed by atoms with E-state index in [-0.39, 0.29) is 27.7 Å². The molecular formula is C16H11F2N3O3S. The standard InChI is InChI=1S/C16H11F2N3O3S/c17-11-3-1-2-7(12(11)18)6-25-16-20-13(8-4-9(8)15(23)24)10(5-19)14(22)21-16/h1-3,8-9H,4,6H2,(H,23,24)(H,20,21,22)/t8-,9-/m0/s1. The lowest BCUT2D eigenvalue weighted by Gasteiger charge is -2.06. The van der Waals surface area contributed by atoms with Crippen LogP contribution >= 0.6 is 11.8 Å². The van der Waals surface area contributed by atoms with Crippen molar-refractivity contribution in [2.75, 3.05) is 0 Å². The second kappa shape index (κ2) is 6.64. The summed E-state index contributed by atoms with van der Waals surface area (Å²) in [5.74, 6) is -4.08. The van der Waals surface area contributed by atoms with Crippen molar-refractivity contribution in [3.63, 3.8) is 0 Å². The van der Waals surface area contributed by atoms with Crippen LogP contribution < -0.4 is 5.56 Å². The number of benzene rings is 1. The Balaban J connectivity index is 1.87. The highest BCUT2D eigenvalue weighted by Crippen LogP contribution is 2.47. The van der Waals surface area contributed by atoms with Gasteiger partial charge in [-0.15, -0.1) is 0 Å². The number of aromatic nitrogens is 2. The van der Waals surface area contributed by atoms with Crippen LogP contribution in [0.15, 0.2) is 28.2 Å². The Labute approximate surface area is 144 Å². The molecular weight excluding hydrogens is 352 g/mol. The van der Waals surface area contributed by atoms with Gasteiger partial charge in [0.2, 0.25) is 0 Å².